The molecule has 102 valence electrons. The fraction of sp³-hybridized carbons (Fsp3) is 1.00. The van der Waals surface area contributed by atoms with Crippen LogP contribution in [0, 0.1) is 5.92 Å². The molecule has 0 saturated carbocycles. The summed E-state index contributed by atoms with van der Waals surface area (Å²) < 4.78 is 0. The van der Waals surface area contributed by atoms with Gasteiger partial charge in [-0.05, 0) is 51.7 Å². The van der Waals surface area contributed by atoms with Crippen molar-refractivity contribution in [1.29, 1.82) is 0 Å². The molecular formula is C15H32N2. The molecule has 0 aromatic heterocycles. The van der Waals surface area contributed by atoms with E-state index in [2.05, 4.69) is 44.8 Å². The van der Waals surface area contributed by atoms with Gasteiger partial charge in [0, 0.05) is 11.6 Å². The Morgan fingerprint density at radius 2 is 1.76 bits per heavy atom. The van der Waals surface area contributed by atoms with Crippen molar-refractivity contribution in [2.24, 2.45) is 5.92 Å². The molecule has 1 fully saturated rings. The Morgan fingerprint density at radius 3 is 2.18 bits per heavy atom. The minimum absolute atomic E-state index is 0.335. The Bertz CT molecular complexity index is 211. The average molecular weight is 240 g/mol. The minimum Gasteiger partial charge on any atom is -0.312 e. The van der Waals surface area contributed by atoms with Gasteiger partial charge in [0.1, 0.15) is 0 Å². The molecule has 1 N–H and O–H groups in total. The molecular weight excluding hydrogens is 208 g/mol. The first-order valence-electron chi connectivity index (χ1n) is 7.58. The highest BCUT2D eigenvalue weighted by Crippen LogP contribution is 2.32. The van der Waals surface area contributed by atoms with Crippen LogP contribution in [0.5, 0.6) is 0 Å². The van der Waals surface area contributed by atoms with Gasteiger partial charge in [0.05, 0.1) is 0 Å². The summed E-state index contributed by atoms with van der Waals surface area (Å²) in [5.41, 5.74) is 0.335. The first-order chi connectivity index (χ1) is 8.10. The second-order valence-corrected chi connectivity index (χ2v) is 5.83. The van der Waals surface area contributed by atoms with Crippen molar-refractivity contribution in [2.75, 3.05) is 19.6 Å². The van der Waals surface area contributed by atoms with E-state index in [1.54, 1.807) is 0 Å². The molecule has 1 saturated heterocycles. The molecule has 1 aliphatic rings. The fourth-order valence-corrected chi connectivity index (χ4v) is 3.36. The van der Waals surface area contributed by atoms with Gasteiger partial charge in [0.25, 0.3) is 0 Å². The lowest BCUT2D eigenvalue weighted by molar-refractivity contribution is 0.0605. The smallest absolute Gasteiger partial charge is 0.0334 e. The van der Waals surface area contributed by atoms with Gasteiger partial charge in [-0.2, -0.15) is 0 Å². The maximum Gasteiger partial charge on any atom is 0.0334 e. The molecule has 0 aromatic carbocycles. The third-order valence-electron chi connectivity index (χ3n) is 4.85. The zero-order valence-corrected chi connectivity index (χ0v) is 12.6. The highest BCUT2D eigenvalue weighted by atomic mass is 15.2. The van der Waals surface area contributed by atoms with Crippen LogP contribution in [-0.4, -0.2) is 36.1 Å². The Balaban J connectivity index is 2.84. The molecule has 0 radical (unpaired) electrons. The van der Waals surface area contributed by atoms with Crippen LogP contribution >= 0.6 is 0 Å². The molecule has 0 amide bonds. The van der Waals surface area contributed by atoms with E-state index in [9.17, 15) is 0 Å². The highest BCUT2D eigenvalue weighted by molar-refractivity contribution is 4.99. The second kappa shape index (κ2) is 6.75. The molecule has 0 aliphatic carbocycles. The molecule has 1 aliphatic heterocycles. The van der Waals surface area contributed by atoms with Crippen LogP contribution in [0.1, 0.15) is 60.3 Å². The van der Waals surface area contributed by atoms with Crippen molar-refractivity contribution in [3.63, 3.8) is 0 Å². The molecule has 17 heavy (non-hydrogen) atoms. The van der Waals surface area contributed by atoms with Crippen LogP contribution in [0.3, 0.4) is 0 Å². The van der Waals surface area contributed by atoms with Crippen molar-refractivity contribution in [2.45, 2.75) is 71.9 Å². The first-order valence-corrected chi connectivity index (χ1v) is 7.58. The molecule has 3 unspecified atom stereocenters. The van der Waals surface area contributed by atoms with Crippen molar-refractivity contribution in [1.82, 2.24) is 10.2 Å². The zero-order valence-electron chi connectivity index (χ0n) is 12.6. The first kappa shape index (κ1) is 15.0. The number of likely N-dealkylation sites (N-methyl/N-ethyl adjacent to an activating group) is 1. The summed E-state index contributed by atoms with van der Waals surface area (Å²) in [6.07, 6.45) is 5.28. The molecule has 2 nitrogen and oxygen atoms in total. The van der Waals surface area contributed by atoms with Gasteiger partial charge in [0.2, 0.25) is 0 Å². The lowest BCUT2D eigenvalue weighted by Crippen LogP contribution is -2.60. The molecule has 3 atom stereocenters. The van der Waals surface area contributed by atoms with Crippen LogP contribution in [0.2, 0.25) is 0 Å². The lowest BCUT2D eigenvalue weighted by Gasteiger charge is -2.47. The van der Waals surface area contributed by atoms with Gasteiger partial charge < -0.3 is 5.32 Å². The number of nitrogens with zero attached hydrogens (tertiary/aromatic N) is 1. The number of hydrogen-bond acceptors (Lipinski definition) is 2. The summed E-state index contributed by atoms with van der Waals surface area (Å²) in [7, 11) is 0. The number of likely N-dealkylation sites (tertiary alicyclic amines) is 1. The standard InChI is InChI=1S/C15H32N2/c1-6-13(4)14(16-8-3)15(5,7-2)17-11-9-10-12-17/h13-14,16H,6-12H2,1-5H3. The highest BCUT2D eigenvalue weighted by Gasteiger charge is 2.40. The van der Waals surface area contributed by atoms with E-state index in [-0.39, 0.29) is 0 Å². The molecule has 0 bridgehead atoms. The second-order valence-electron chi connectivity index (χ2n) is 5.83. The fourth-order valence-electron chi connectivity index (χ4n) is 3.36. The predicted molar refractivity (Wildman–Crippen MR) is 76.4 cm³/mol. The summed E-state index contributed by atoms with van der Waals surface area (Å²) >= 11 is 0. The van der Waals surface area contributed by atoms with Crippen LogP contribution in [0.15, 0.2) is 0 Å². The Morgan fingerprint density at radius 1 is 1.18 bits per heavy atom. The normalized spacial score (nSPS) is 24.5. The number of rotatable bonds is 7. The van der Waals surface area contributed by atoms with Gasteiger partial charge >= 0.3 is 0 Å². The van der Waals surface area contributed by atoms with E-state index in [0.29, 0.717) is 11.6 Å². The molecule has 2 heteroatoms. The molecule has 0 spiro atoms. The maximum atomic E-state index is 3.76. The Kier molecular flexibility index (Phi) is 5.94. The van der Waals surface area contributed by atoms with Gasteiger partial charge in [0.15, 0.2) is 0 Å². The quantitative estimate of drug-likeness (QED) is 0.735. The van der Waals surface area contributed by atoms with E-state index >= 15 is 0 Å². The molecule has 1 heterocycles. The van der Waals surface area contributed by atoms with Crippen molar-refractivity contribution in [3.8, 4) is 0 Å². The SMILES string of the molecule is CCNC(C(C)CC)C(C)(CC)N1CCCC1. The van der Waals surface area contributed by atoms with E-state index in [4.69, 9.17) is 0 Å². The topological polar surface area (TPSA) is 15.3 Å². The zero-order chi connectivity index (χ0) is 12.9. The van der Waals surface area contributed by atoms with Crippen molar-refractivity contribution < 1.29 is 0 Å². The van der Waals surface area contributed by atoms with Crippen LogP contribution in [0.25, 0.3) is 0 Å². The third kappa shape index (κ3) is 3.23. The van der Waals surface area contributed by atoms with E-state index < -0.39 is 0 Å². The van der Waals surface area contributed by atoms with E-state index in [1.165, 1.54) is 38.8 Å². The van der Waals surface area contributed by atoms with E-state index in [1.807, 2.05) is 0 Å². The minimum atomic E-state index is 0.335. The van der Waals surface area contributed by atoms with E-state index in [0.717, 1.165) is 12.5 Å². The molecule has 1 rings (SSSR count). The Labute approximate surface area is 108 Å². The lowest BCUT2D eigenvalue weighted by atomic mass is 9.79. The average Bonchev–Trinajstić information content (AvgIpc) is 2.88. The third-order valence-corrected chi connectivity index (χ3v) is 4.85. The maximum absolute atomic E-state index is 3.76. The summed E-state index contributed by atoms with van der Waals surface area (Å²) in [6, 6.07) is 0.626. The van der Waals surface area contributed by atoms with Crippen LogP contribution in [-0.2, 0) is 0 Å². The number of nitrogens with one attached hydrogen (secondary N) is 1. The van der Waals surface area contributed by atoms with Crippen LogP contribution in [0.4, 0.5) is 0 Å². The van der Waals surface area contributed by atoms with Gasteiger partial charge in [-0.3, -0.25) is 4.90 Å². The summed E-state index contributed by atoms with van der Waals surface area (Å²) in [5.74, 6) is 0.750. The van der Waals surface area contributed by atoms with Gasteiger partial charge in [-0.25, -0.2) is 0 Å². The van der Waals surface area contributed by atoms with Gasteiger partial charge in [-0.15, -0.1) is 0 Å². The van der Waals surface area contributed by atoms with Crippen molar-refractivity contribution in [3.05, 3.63) is 0 Å². The largest absolute Gasteiger partial charge is 0.312 e. The van der Waals surface area contributed by atoms with Crippen LogP contribution < -0.4 is 5.32 Å². The summed E-state index contributed by atoms with van der Waals surface area (Å²) in [6.45, 7) is 15.4. The Hall–Kier alpha value is -0.0800. The van der Waals surface area contributed by atoms with Crippen molar-refractivity contribution >= 4 is 0 Å². The van der Waals surface area contributed by atoms with Gasteiger partial charge in [-0.1, -0.05) is 34.1 Å². The number of hydrogen-bond donors (Lipinski definition) is 1. The summed E-state index contributed by atoms with van der Waals surface area (Å²) in [5, 5.41) is 3.76. The monoisotopic (exact) mass is 240 g/mol. The molecule has 0 aromatic rings. The predicted octanol–water partition coefficient (Wildman–Crippen LogP) is 3.28. The summed E-state index contributed by atoms with van der Waals surface area (Å²) in [4.78, 5) is 2.73.